The lowest BCUT2D eigenvalue weighted by Gasteiger charge is -2.32. The van der Waals surface area contributed by atoms with Crippen molar-refractivity contribution < 1.29 is 24.2 Å². The number of amides is 2. The van der Waals surface area contributed by atoms with Crippen LogP contribution in [-0.2, 0) is 14.3 Å². The van der Waals surface area contributed by atoms with Crippen molar-refractivity contribution in [3.8, 4) is 11.1 Å². The van der Waals surface area contributed by atoms with Crippen LogP contribution in [-0.4, -0.2) is 53.2 Å². The molecule has 7 heteroatoms. The van der Waals surface area contributed by atoms with Gasteiger partial charge in [-0.25, -0.2) is 4.79 Å². The lowest BCUT2D eigenvalue weighted by atomic mass is 9.98. The molecule has 2 aromatic carbocycles. The van der Waals surface area contributed by atoms with E-state index in [-0.39, 0.29) is 37.3 Å². The molecule has 0 spiro atoms. The number of hydrogen-bond acceptors (Lipinski definition) is 4. The molecule has 2 N–H and O–H groups in total. The zero-order valence-corrected chi connectivity index (χ0v) is 20.8. The third-order valence-electron chi connectivity index (χ3n) is 6.74. The van der Waals surface area contributed by atoms with Gasteiger partial charge in [-0.1, -0.05) is 68.8 Å². The SMILES string of the molecule is CCCCN(C(=O)C(CCC(=O)O)NC(=O)OCC1c2ccccc2-c2ccccc21)C(C)CC. The van der Waals surface area contributed by atoms with Gasteiger partial charge in [0.15, 0.2) is 0 Å². The van der Waals surface area contributed by atoms with Crippen LogP contribution in [0.5, 0.6) is 0 Å². The highest BCUT2D eigenvalue weighted by Crippen LogP contribution is 2.44. The number of fused-ring (bicyclic) bond motifs is 3. The second-order valence-electron chi connectivity index (χ2n) is 9.10. The van der Waals surface area contributed by atoms with Gasteiger partial charge in [-0.15, -0.1) is 0 Å². The number of ether oxygens (including phenoxy) is 1. The Balaban J connectivity index is 1.71. The molecular formula is C28H36N2O5. The molecule has 0 saturated heterocycles. The minimum Gasteiger partial charge on any atom is -0.481 e. The van der Waals surface area contributed by atoms with Crippen molar-refractivity contribution in [3.05, 3.63) is 59.7 Å². The van der Waals surface area contributed by atoms with E-state index in [0.717, 1.165) is 41.5 Å². The average Bonchev–Trinajstić information content (AvgIpc) is 3.18. The number of carbonyl (C=O) groups excluding carboxylic acids is 2. The van der Waals surface area contributed by atoms with Crippen molar-refractivity contribution in [1.29, 1.82) is 0 Å². The average molecular weight is 481 g/mol. The summed E-state index contributed by atoms with van der Waals surface area (Å²) in [5, 5.41) is 11.8. The molecule has 2 unspecified atom stereocenters. The second kappa shape index (κ2) is 12.4. The van der Waals surface area contributed by atoms with Gasteiger partial charge in [0, 0.05) is 24.9 Å². The molecule has 1 aliphatic rings. The fraction of sp³-hybridized carbons (Fsp3) is 0.464. The van der Waals surface area contributed by atoms with E-state index in [4.69, 9.17) is 4.74 Å². The van der Waals surface area contributed by atoms with Crippen molar-refractivity contribution in [3.63, 3.8) is 0 Å². The molecule has 0 bridgehead atoms. The Kier molecular flexibility index (Phi) is 9.29. The number of benzene rings is 2. The third-order valence-corrected chi connectivity index (χ3v) is 6.74. The van der Waals surface area contributed by atoms with E-state index in [1.807, 2.05) is 50.2 Å². The smallest absolute Gasteiger partial charge is 0.407 e. The summed E-state index contributed by atoms with van der Waals surface area (Å²) >= 11 is 0. The highest BCUT2D eigenvalue weighted by molar-refractivity contribution is 5.86. The molecule has 0 saturated carbocycles. The van der Waals surface area contributed by atoms with Gasteiger partial charge >= 0.3 is 12.1 Å². The van der Waals surface area contributed by atoms with Gasteiger partial charge in [0.1, 0.15) is 12.6 Å². The first-order valence-electron chi connectivity index (χ1n) is 12.5. The van der Waals surface area contributed by atoms with Gasteiger partial charge in [-0.05, 0) is 48.4 Å². The summed E-state index contributed by atoms with van der Waals surface area (Å²) in [7, 11) is 0. The van der Waals surface area contributed by atoms with Crippen LogP contribution in [0.1, 0.15) is 69.9 Å². The number of carbonyl (C=O) groups is 3. The predicted octanol–water partition coefficient (Wildman–Crippen LogP) is 5.19. The maximum atomic E-state index is 13.3. The summed E-state index contributed by atoms with van der Waals surface area (Å²) in [6.07, 6.45) is 1.62. The summed E-state index contributed by atoms with van der Waals surface area (Å²) in [6, 6.07) is 15.2. The molecule has 188 valence electrons. The summed E-state index contributed by atoms with van der Waals surface area (Å²) < 4.78 is 5.61. The van der Waals surface area contributed by atoms with Crippen LogP contribution in [0.3, 0.4) is 0 Å². The number of nitrogens with zero attached hydrogens (tertiary/aromatic N) is 1. The van der Waals surface area contributed by atoms with E-state index < -0.39 is 18.1 Å². The van der Waals surface area contributed by atoms with E-state index in [0.29, 0.717) is 6.54 Å². The van der Waals surface area contributed by atoms with Crippen LogP contribution in [0.2, 0.25) is 0 Å². The molecular weight excluding hydrogens is 444 g/mol. The van der Waals surface area contributed by atoms with E-state index in [1.54, 1.807) is 4.90 Å². The zero-order chi connectivity index (χ0) is 25.4. The second-order valence-corrected chi connectivity index (χ2v) is 9.10. The lowest BCUT2D eigenvalue weighted by Crippen LogP contribution is -2.51. The molecule has 0 fully saturated rings. The van der Waals surface area contributed by atoms with Crippen molar-refractivity contribution in [1.82, 2.24) is 10.2 Å². The standard InChI is InChI=1S/C28H36N2O5/c1-4-6-17-30(19(3)5-2)27(33)25(15-16-26(31)32)29-28(34)35-18-24-22-13-9-7-11-20(22)21-12-8-10-14-23(21)24/h7-14,19,24-25H,4-6,15-18H2,1-3H3,(H,29,34)(H,31,32). The molecule has 2 aromatic rings. The van der Waals surface area contributed by atoms with Crippen LogP contribution in [0.25, 0.3) is 11.1 Å². The lowest BCUT2D eigenvalue weighted by molar-refractivity contribution is -0.138. The molecule has 7 nitrogen and oxygen atoms in total. The fourth-order valence-corrected chi connectivity index (χ4v) is 4.60. The molecule has 2 amide bonds. The molecule has 1 aliphatic carbocycles. The molecule has 0 aliphatic heterocycles. The predicted molar refractivity (Wildman–Crippen MR) is 135 cm³/mol. The Bertz CT molecular complexity index is 992. The van der Waals surface area contributed by atoms with Crippen molar-refractivity contribution in [2.45, 2.75) is 70.9 Å². The van der Waals surface area contributed by atoms with Crippen LogP contribution in [0.4, 0.5) is 4.79 Å². The first-order valence-corrected chi connectivity index (χ1v) is 12.5. The third kappa shape index (κ3) is 6.41. The first kappa shape index (κ1) is 26.3. The summed E-state index contributed by atoms with van der Waals surface area (Å²) in [6.45, 7) is 6.72. The number of carboxylic acid groups (broad SMARTS) is 1. The summed E-state index contributed by atoms with van der Waals surface area (Å²) in [5.41, 5.74) is 4.46. The number of nitrogens with one attached hydrogen (secondary N) is 1. The largest absolute Gasteiger partial charge is 0.481 e. The van der Waals surface area contributed by atoms with Gasteiger partial charge in [-0.3, -0.25) is 9.59 Å². The van der Waals surface area contributed by atoms with Crippen molar-refractivity contribution in [2.75, 3.05) is 13.2 Å². The number of rotatable bonds is 12. The van der Waals surface area contributed by atoms with Gasteiger partial charge in [0.25, 0.3) is 0 Å². The molecule has 0 heterocycles. The minimum absolute atomic E-state index is 0.00862. The molecule has 0 radical (unpaired) electrons. The Morgan fingerprint density at radius 3 is 2.17 bits per heavy atom. The first-order chi connectivity index (χ1) is 16.9. The van der Waals surface area contributed by atoms with Gasteiger partial charge < -0.3 is 20.1 Å². The zero-order valence-electron chi connectivity index (χ0n) is 20.8. The number of carboxylic acids is 1. The van der Waals surface area contributed by atoms with Crippen molar-refractivity contribution in [2.24, 2.45) is 0 Å². The van der Waals surface area contributed by atoms with E-state index in [1.165, 1.54) is 0 Å². The molecule has 0 aromatic heterocycles. The number of unbranched alkanes of at least 4 members (excludes halogenated alkanes) is 1. The van der Waals surface area contributed by atoms with E-state index in [2.05, 4.69) is 24.4 Å². The van der Waals surface area contributed by atoms with Gasteiger partial charge in [-0.2, -0.15) is 0 Å². The van der Waals surface area contributed by atoms with Gasteiger partial charge in [0.2, 0.25) is 5.91 Å². The topological polar surface area (TPSA) is 95.9 Å². The van der Waals surface area contributed by atoms with Gasteiger partial charge in [0.05, 0.1) is 0 Å². The Morgan fingerprint density at radius 2 is 1.63 bits per heavy atom. The maximum absolute atomic E-state index is 13.3. The summed E-state index contributed by atoms with van der Waals surface area (Å²) in [5.74, 6) is -1.37. The van der Waals surface area contributed by atoms with Crippen LogP contribution >= 0.6 is 0 Å². The van der Waals surface area contributed by atoms with Crippen LogP contribution in [0.15, 0.2) is 48.5 Å². The molecule has 3 rings (SSSR count). The van der Waals surface area contributed by atoms with Crippen LogP contribution < -0.4 is 5.32 Å². The minimum atomic E-state index is -1.01. The monoisotopic (exact) mass is 480 g/mol. The normalized spacial score (nSPS) is 13.9. The maximum Gasteiger partial charge on any atom is 0.407 e. The fourth-order valence-electron chi connectivity index (χ4n) is 4.60. The number of alkyl carbamates (subject to hydrolysis) is 1. The number of hydrogen-bond donors (Lipinski definition) is 2. The highest BCUT2D eigenvalue weighted by atomic mass is 16.5. The van der Waals surface area contributed by atoms with E-state index in [9.17, 15) is 19.5 Å². The Hall–Kier alpha value is -3.35. The Morgan fingerprint density at radius 1 is 1.03 bits per heavy atom. The van der Waals surface area contributed by atoms with Crippen LogP contribution in [0, 0.1) is 0 Å². The highest BCUT2D eigenvalue weighted by Gasteiger charge is 2.31. The van der Waals surface area contributed by atoms with Crippen molar-refractivity contribution >= 4 is 18.0 Å². The number of aliphatic carboxylic acids is 1. The van der Waals surface area contributed by atoms with E-state index >= 15 is 0 Å². The Labute approximate surface area is 207 Å². The molecule has 2 atom stereocenters. The molecule has 35 heavy (non-hydrogen) atoms. The quantitative estimate of drug-likeness (QED) is 0.436. The summed E-state index contributed by atoms with van der Waals surface area (Å²) in [4.78, 5) is 39.1.